The molecule has 0 unspecified atom stereocenters. The Kier molecular flexibility index (Phi) is 4.81. The number of halogens is 1. The van der Waals surface area contributed by atoms with E-state index in [9.17, 15) is 4.79 Å². The molecule has 4 nitrogen and oxygen atoms in total. The van der Waals surface area contributed by atoms with Gasteiger partial charge in [0.2, 0.25) is 0 Å². The number of amides is 1. The number of hydrogen-bond donors (Lipinski definition) is 1. The van der Waals surface area contributed by atoms with E-state index in [0.29, 0.717) is 10.2 Å². The summed E-state index contributed by atoms with van der Waals surface area (Å²) in [5.74, 6) is -0.0118. The molecule has 0 bridgehead atoms. The van der Waals surface area contributed by atoms with Gasteiger partial charge < -0.3 is 5.32 Å². The zero-order valence-electron chi connectivity index (χ0n) is 12.3. The van der Waals surface area contributed by atoms with Gasteiger partial charge in [-0.15, -0.1) is 0 Å². The van der Waals surface area contributed by atoms with Crippen molar-refractivity contribution in [2.75, 3.05) is 13.1 Å². The second kappa shape index (κ2) is 6.22. The summed E-state index contributed by atoms with van der Waals surface area (Å²) in [6.45, 7) is 8.78. The Balaban J connectivity index is 1.88. The first-order valence-corrected chi connectivity index (χ1v) is 7.83. The van der Waals surface area contributed by atoms with Crippen molar-refractivity contribution in [2.24, 2.45) is 0 Å². The molecule has 0 radical (unpaired) electrons. The molecule has 1 aliphatic heterocycles. The SMILES string of the molecule is CC(C)(C)N1CCC(NC(=O)c2ccnc(Br)c2)CC1. The van der Waals surface area contributed by atoms with Crippen LogP contribution in [0.4, 0.5) is 0 Å². The Hall–Kier alpha value is -0.940. The number of likely N-dealkylation sites (tertiary alicyclic amines) is 1. The summed E-state index contributed by atoms with van der Waals surface area (Å²) >= 11 is 3.29. The van der Waals surface area contributed by atoms with E-state index in [4.69, 9.17) is 0 Å². The van der Waals surface area contributed by atoms with Gasteiger partial charge in [-0.1, -0.05) is 0 Å². The van der Waals surface area contributed by atoms with Crippen LogP contribution in [0.3, 0.4) is 0 Å². The van der Waals surface area contributed by atoms with E-state index in [-0.39, 0.29) is 17.5 Å². The van der Waals surface area contributed by atoms with Crippen LogP contribution in [0.1, 0.15) is 44.0 Å². The molecule has 0 saturated carbocycles. The van der Waals surface area contributed by atoms with Crippen LogP contribution < -0.4 is 5.32 Å². The molecule has 20 heavy (non-hydrogen) atoms. The van der Waals surface area contributed by atoms with E-state index in [1.54, 1.807) is 18.3 Å². The molecule has 1 fully saturated rings. The second-order valence-corrected chi connectivity index (χ2v) is 7.09. The van der Waals surface area contributed by atoms with Crippen LogP contribution >= 0.6 is 15.9 Å². The maximum Gasteiger partial charge on any atom is 0.251 e. The molecule has 110 valence electrons. The summed E-state index contributed by atoms with van der Waals surface area (Å²) in [5.41, 5.74) is 0.871. The predicted molar refractivity (Wildman–Crippen MR) is 83.8 cm³/mol. The van der Waals surface area contributed by atoms with Gasteiger partial charge in [0, 0.05) is 36.4 Å². The highest BCUT2D eigenvalue weighted by Crippen LogP contribution is 2.20. The van der Waals surface area contributed by atoms with E-state index in [1.165, 1.54) is 0 Å². The molecule has 1 saturated heterocycles. The summed E-state index contributed by atoms with van der Waals surface area (Å²) < 4.78 is 0.688. The summed E-state index contributed by atoms with van der Waals surface area (Å²) in [5, 5.41) is 3.12. The van der Waals surface area contributed by atoms with Gasteiger partial charge in [0.15, 0.2) is 0 Å². The van der Waals surface area contributed by atoms with Crippen LogP contribution in [0, 0.1) is 0 Å². The van der Waals surface area contributed by atoms with Crippen LogP contribution in [0.5, 0.6) is 0 Å². The zero-order valence-corrected chi connectivity index (χ0v) is 13.9. The molecule has 1 N–H and O–H groups in total. The number of aromatic nitrogens is 1. The average molecular weight is 340 g/mol. The second-order valence-electron chi connectivity index (χ2n) is 6.27. The van der Waals surface area contributed by atoms with Gasteiger partial charge >= 0.3 is 0 Å². The quantitative estimate of drug-likeness (QED) is 0.842. The monoisotopic (exact) mass is 339 g/mol. The number of nitrogens with one attached hydrogen (secondary N) is 1. The molecule has 1 aliphatic rings. The molecule has 1 aromatic rings. The highest BCUT2D eigenvalue weighted by atomic mass is 79.9. The molecule has 1 amide bonds. The highest BCUT2D eigenvalue weighted by molar-refractivity contribution is 9.10. The van der Waals surface area contributed by atoms with Crippen LogP contribution in [0.25, 0.3) is 0 Å². The first-order valence-electron chi connectivity index (χ1n) is 7.04. The summed E-state index contributed by atoms with van der Waals surface area (Å²) in [7, 11) is 0. The number of hydrogen-bond acceptors (Lipinski definition) is 3. The van der Waals surface area contributed by atoms with Crippen molar-refractivity contribution >= 4 is 21.8 Å². The first-order chi connectivity index (χ1) is 9.36. The van der Waals surface area contributed by atoms with Gasteiger partial charge in [-0.05, 0) is 61.7 Å². The van der Waals surface area contributed by atoms with Gasteiger partial charge in [-0.25, -0.2) is 4.98 Å². The van der Waals surface area contributed by atoms with E-state index in [2.05, 4.69) is 51.9 Å². The lowest BCUT2D eigenvalue weighted by molar-refractivity contribution is 0.0812. The van der Waals surface area contributed by atoms with E-state index in [0.717, 1.165) is 25.9 Å². The molecule has 5 heteroatoms. The Morgan fingerprint density at radius 3 is 2.60 bits per heavy atom. The van der Waals surface area contributed by atoms with Crippen LogP contribution in [-0.2, 0) is 0 Å². The Labute approximate surface area is 129 Å². The normalized spacial score (nSPS) is 18.0. The van der Waals surface area contributed by atoms with Crippen LogP contribution in [-0.4, -0.2) is 40.5 Å². The molecule has 1 aromatic heterocycles. The van der Waals surface area contributed by atoms with Gasteiger partial charge in [-0.2, -0.15) is 0 Å². The van der Waals surface area contributed by atoms with Gasteiger partial charge in [0.05, 0.1) is 0 Å². The lowest BCUT2D eigenvalue weighted by atomic mass is 9.98. The highest BCUT2D eigenvalue weighted by Gasteiger charge is 2.27. The van der Waals surface area contributed by atoms with Crippen molar-refractivity contribution in [3.8, 4) is 0 Å². The Bertz CT molecular complexity index is 476. The first kappa shape index (κ1) is 15.4. The number of carbonyl (C=O) groups excluding carboxylic acids is 1. The van der Waals surface area contributed by atoms with Gasteiger partial charge in [-0.3, -0.25) is 9.69 Å². The number of pyridine rings is 1. The fraction of sp³-hybridized carbons (Fsp3) is 0.600. The minimum atomic E-state index is -0.0118. The average Bonchev–Trinajstić information content (AvgIpc) is 2.38. The number of rotatable bonds is 2. The molecule has 0 aromatic carbocycles. The fourth-order valence-electron chi connectivity index (χ4n) is 2.51. The van der Waals surface area contributed by atoms with E-state index < -0.39 is 0 Å². The zero-order chi connectivity index (χ0) is 14.8. The van der Waals surface area contributed by atoms with Crippen LogP contribution in [0.15, 0.2) is 22.9 Å². The lowest BCUT2D eigenvalue weighted by Gasteiger charge is -2.41. The minimum Gasteiger partial charge on any atom is -0.349 e. The number of piperidine rings is 1. The van der Waals surface area contributed by atoms with Crippen LogP contribution in [0.2, 0.25) is 0 Å². The fourth-order valence-corrected chi connectivity index (χ4v) is 2.87. The number of carbonyl (C=O) groups is 1. The van der Waals surface area contributed by atoms with Crippen molar-refractivity contribution < 1.29 is 4.79 Å². The predicted octanol–water partition coefficient (Wildman–Crippen LogP) is 2.84. The molecule has 0 aliphatic carbocycles. The smallest absolute Gasteiger partial charge is 0.251 e. The Morgan fingerprint density at radius 2 is 2.05 bits per heavy atom. The molecule has 2 rings (SSSR count). The molecule has 0 spiro atoms. The maximum atomic E-state index is 12.2. The van der Waals surface area contributed by atoms with Crippen molar-refractivity contribution in [3.63, 3.8) is 0 Å². The number of nitrogens with zero attached hydrogens (tertiary/aromatic N) is 2. The maximum absolute atomic E-state index is 12.2. The molecule has 2 heterocycles. The lowest BCUT2D eigenvalue weighted by Crippen LogP contribution is -2.50. The third-order valence-electron chi connectivity index (χ3n) is 3.77. The van der Waals surface area contributed by atoms with Crippen molar-refractivity contribution in [1.29, 1.82) is 0 Å². The molecular formula is C15H22BrN3O. The van der Waals surface area contributed by atoms with E-state index in [1.807, 2.05) is 0 Å². The molecular weight excluding hydrogens is 318 g/mol. The topological polar surface area (TPSA) is 45.2 Å². The molecule has 0 atom stereocenters. The summed E-state index contributed by atoms with van der Waals surface area (Å²) in [6.07, 6.45) is 3.66. The van der Waals surface area contributed by atoms with Gasteiger partial charge in [0.1, 0.15) is 4.60 Å². The third kappa shape index (κ3) is 4.03. The van der Waals surface area contributed by atoms with Crippen molar-refractivity contribution in [2.45, 2.75) is 45.2 Å². The third-order valence-corrected chi connectivity index (χ3v) is 4.20. The van der Waals surface area contributed by atoms with Crippen molar-refractivity contribution in [1.82, 2.24) is 15.2 Å². The van der Waals surface area contributed by atoms with Crippen molar-refractivity contribution in [3.05, 3.63) is 28.5 Å². The van der Waals surface area contributed by atoms with E-state index >= 15 is 0 Å². The summed E-state index contributed by atoms with van der Waals surface area (Å²) in [6, 6.07) is 3.76. The Morgan fingerprint density at radius 1 is 1.40 bits per heavy atom. The largest absolute Gasteiger partial charge is 0.349 e. The minimum absolute atomic E-state index is 0.0118. The summed E-state index contributed by atoms with van der Waals surface area (Å²) in [4.78, 5) is 18.7. The standard InChI is InChI=1S/C15H22BrN3O/c1-15(2,3)19-8-5-12(6-9-19)18-14(20)11-4-7-17-13(16)10-11/h4,7,10,12H,5-6,8-9H2,1-3H3,(H,18,20). The van der Waals surface area contributed by atoms with Gasteiger partial charge in [0.25, 0.3) is 5.91 Å².